The maximum absolute atomic E-state index is 12.6. The van der Waals surface area contributed by atoms with Crippen molar-refractivity contribution in [3.63, 3.8) is 0 Å². The minimum absolute atomic E-state index is 0.0179. The molecule has 1 heterocycles. The number of carbonyl (C=O) groups is 5. The number of imidazole rings is 1. The summed E-state index contributed by atoms with van der Waals surface area (Å²) in [6.45, 7) is -0.0989. The van der Waals surface area contributed by atoms with Gasteiger partial charge in [-0.3, -0.25) is 19.2 Å². The van der Waals surface area contributed by atoms with Crippen molar-refractivity contribution in [2.75, 3.05) is 13.1 Å². The van der Waals surface area contributed by atoms with Gasteiger partial charge in [-0.15, -0.1) is 0 Å². The fourth-order valence-corrected chi connectivity index (χ4v) is 2.82. The maximum Gasteiger partial charge on any atom is 0.326 e. The second-order valence-electron chi connectivity index (χ2n) is 7.41. The van der Waals surface area contributed by atoms with E-state index in [2.05, 4.69) is 25.9 Å². The number of primary amides is 1. The van der Waals surface area contributed by atoms with Crippen LogP contribution in [-0.4, -0.2) is 75.9 Å². The van der Waals surface area contributed by atoms with Crippen LogP contribution in [0.25, 0.3) is 0 Å². The molecule has 33 heavy (non-hydrogen) atoms. The third-order valence-electron chi connectivity index (χ3n) is 4.65. The number of hydrogen-bond acceptors (Lipinski definition) is 8. The van der Waals surface area contributed by atoms with Gasteiger partial charge in [0, 0.05) is 24.7 Å². The zero-order valence-corrected chi connectivity index (χ0v) is 18.2. The molecule has 0 aliphatic carbocycles. The number of aromatic amines is 1. The normalized spacial score (nSPS) is 13.4. The minimum Gasteiger partial charge on any atom is -0.480 e. The quantitative estimate of drug-likeness (QED) is 0.114. The van der Waals surface area contributed by atoms with Gasteiger partial charge in [-0.25, -0.2) is 9.78 Å². The highest BCUT2D eigenvalue weighted by Crippen LogP contribution is 2.03. The van der Waals surface area contributed by atoms with Crippen molar-refractivity contribution in [1.82, 2.24) is 25.9 Å². The van der Waals surface area contributed by atoms with E-state index in [0.29, 0.717) is 25.1 Å². The maximum atomic E-state index is 12.6. The molecule has 0 fully saturated rings. The van der Waals surface area contributed by atoms with E-state index in [4.69, 9.17) is 17.2 Å². The number of carbonyl (C=O) groups excluding carboxylic acids is 4. The highest BCUT2D eigenvalue weighted by atomic mass is 16.4. The zero-order chi connectivity index (χ0) is 24.8. The second-order valence-corrected chi connectivity index (χ2v) is 7.41. The molecule has 1 aromatic heterocycles. The molecule has 0 aliphatic heterocycles. The highest BCUT2D eigenvalue weighted by molar-refractivity contribution is 5.92. The summed E-state index contributed by atoms with van der Waals surface area (Å²) in [7, 11) is 0. The third kappa shape index (κ3) is 11.1. The summed E-state index contributed by atoms with van der Waals surface area (Å²) in [6.07, 6.45) is 4.13. The van der Waals surface area contributed by atoms with Crippen LogP contribution in [0.15, 0.2) is 12.5 Å². The van der Waals surface area contributed by atoms with E-state index in [-0.39, 0.29) is 25.7 Å². The van der Waals surface area contributed by atoms with Gasteiger partial charge in [-0.2, -0.15) is 0 Å². The summed E-state index contributed by atoms with van der Waals surface area (Å²) < 4.78 is 0. The van der Waals surface area contributed by atoms with Gasteiger partial charge in [-0.1, -0.05) is 0 Å². The first kappa shape index (κ1) is 27.5. The van der Waals surface area contributed by atoms with Crippen molar-refractivity contribution in [3.05, 3.63) is 18.2 Å². The van der Waals surface area contributed by atoms with E-state index in [1.165, 1.54) is 12.5 Å². The van der Waals surface area contributed by atoms with Crippen molar-refractivity contribution in [2.45, 2.75) is 56.7 Å². The number of hydrogen-bond donors (Lipinski definition) is 8. The molecule has 3 unspecified atom stereocenters. The SMILES string of the molecule is NCCCCC(NC(=O)C(N)CCC(N)=O)C(=O)NCC(=O)NC(Cc1cnc[nH]1)C(=O)O. The van der Waals surface area contributed by atoms with Crippen molar-refractivity contribution in [3.8, 4) is 0 Å². The molecule has 0 saturated heterocycles. The summed E-state index contributed by atoms with van der Waals surface area (Å²) in [5.74, 6) is -3.85. The largest absolute Gasteiger partial charge is 0.480 e. The molecule has 0 aliphatic rings. The van der Waals surface area contributed by atoms with Gasteiger partial charge in [0.15, 0.2) is 0 Å². The highest BCUT2D eigenvalue weighted by Gasteiger charge is 2.25. The van der Waals surface area contributed by atoms with Gasteiger partial charge >= 0.3 is 5.97 Å². The van der Waals surface area contributed by atoms with Crippen LogP contribution in [0, 0.1) is 0 Å². The van der Waals surface area contributed by atoms with Crippen LogP contribution < -0.4 is 33.2 Å². The number of aliphatic carboxylic acids is 1. The lowest BCUT2D eigenvalue weighted by atomic mass is 10.1. The lowest BCUT2D eigenvalue weighted by Crippen LogP contribution is -2.53. The van der Waals surface area contributed by atoms with Gasteiger partial charge < -0.3 is 43.2 Å². The molecule has 0 aromatic carbocycles. The first-order chi connectivity index (χ1) is 15.6. The molecule has 0 spiro atoms. The Morgan fingerprint density at radius 2 is 1.79 bits per heavy atom. The summed E-state index contributed by atoms with van der Waals surface area (Å²) in [4.78, 5) is 65.8. The molecule has 1 aromatic rings. The van der Waals surface area contributed by atoms with Crippen LogP contribution in [0.2, 0.25) is 0 Å². The molecule has 184 valence electrons. The fourth-order valence-electron chi connectivity index (χ4n) is 2.82. The van der Waals surface area contributed by atoms with Gasteiger partial charge in [0.2, 0.25) is 23.6 Å². The Hall–Kier alpha value is -3.52. The molecule has 0 saturated carbocycles. The minimum atomic E-state index is -1.25. The van der Waals surface area contributed by atoms with Crippen molar-refractivity contribution in [2.24, 2.45) is 17.2 Å². The number of carboxylic acids is 1. The Morgan fingerprint density at radius 1 is 1.06 bits per heavy atom. The summed E-state index contributed by atoms with van der Waals surface area (Å²) in [6, 6.07) is -3.25. The average molecular weight is 469 g/mol. The molecule has 0 bridgehead atoms. The van der Waals surface area contributed by atoms with Crippen LogP contribution in [0.5, 0.6) is 0 Å². The standard InChI is InChI=1S/C19H32N8O6/c20-6-2-1-3-13(27-17(30)12(21)4-5-15(22)28)18(31)24-9-16(29)26-14(19(32)33)7-11-8-23-10-25-11/h8,10,12-14H,1-7,9,20-21H2,(H2,22,28)(H,23,25)(H,24,31)(H,26,29)(H,27,30)(H,32,33). The summed E-state index contributed by atoms with van der Waals surface area (Å²) in [5, 5.41) is 16.5. The van der Waals surface area contributed by atoms with Crippen LogP contribution in [0.4, 0.5) is 0 Å². The predicted molar refractivity (Wildman–Crippen MR) is 116 cm³/mol. The van der Waals surface area contributed by atoms with E-state index in [9.17, 15) is 29.1 Å². The van der Waals surface area contributed by atoms with Crippen LogP contribution in [0.1, 0.15) is 37.8 Å². The van der Waals surface area contributed by atoms with Gasteiger partial charge in [0.25, 0.3) is 0 Å². The smallest absolute Gasteiger partial charge is 0.326 e. The summed E-state index contributed by atoms with van der Waals surface area (Å²) >= 11 is 0. The Balaban J connectivity index is 2.63. The first-order valence-corrected chi connectivity index (χ1v) is 10.5. The van der Waals surface area contributed by atoms with Crippen LogP contribution >= 0.6 is 0 Å². The summed E-state index contributed by atoms with van der Waals surface area (Å²) in [5.41, 5.74) is 16.8. The second kappa shape index (κ2) is 14.5. The van der Waals surface area contributed by atoms with Crippen molar-refractivity contribution < 1.29 is 29.1 Å². The number of nitrogens with two attached hydrogens (primary N) is 3. The van der Waals surface area contributed by atoms with E-state index in [0.717, 1.165) is 0 Å². The zero-order valence-electron chi connectivity index (χ0n) is 18.2. The van der Waals surface area contributed by atoms with Crippen molar-refractivity contribution in [1.29, 1.82) is 0 Å². The molecule has 14 heteroatoms. The van der Waals surface area contributed by atoms with Crippen LogP contribution in [0.3, 0.4) is 0 Å². The number of amides is 4. The lowest BCUT2D eigenvalue weighted by molar-refractivity contribution is -0.141. The average Bonchev–Trinajstić information content (AvgIpc) is 3.27. The number of aromatic nitrogens is 2. The number of rotatable bonds is 16. The Labute approximate surface area is 190 Å². The monoisotopic (exact) mass is 468 g/mol. The number of nitrogens with zero attached hydrogens (tertiary/aromatic N) is 1. The Morgan fingerprint density at radius 3 is 2.36 bits per heavy atom. The number of carboxylic acid groups (broad SMARTS) is 1. The predicted octanol–water partition coefficient (Wildman–Crippen LogP) is -3.16. The molecule has 3 atom stereocenters. The molecule has 4 amide bonds. The van der Waals surface area contributed by atoms with Gasteiger partial charge in [-0.05, 0) is 32.2 Å². The number of nitrogens with one attached hydrogen (secondary N) is 4. The molecule has 14 nitrogen and oxygen atoms in total. The molecular formula is C19H32N8O6. The number of H-pyrrole nitrogens is 1. The van der Waals surface area contributed by atoms with Gasteiger partial charge in [0.05, 0.1) is 18.9 Å². The van der Waals surface area contributed by atoms with Crippen LogP contribution in [-0.2, 0) is 30.4 Å². The van der Waals surface area contributed by atoms with Gasteiger partial charge in [0.1, 0.15) is 12.1 Å². The third-order valence-corrected chi connectivity index (χ3v) is 4.65. The van der Waals surface area contributed by atoms with Crippen molar-refractivity contribution >= 4 is 29.6 Å². The van der Waals surface area contributed by atoms with E-state index < -0.39 is 54.3 Å². The first-order valence-electron chi connectivity index (χ1n) is 10.5. The molecular weight excluding hydrogens is 436 g/mol. The molecule has 11 N–H and O–H groups in total. The molecule has 1 rings (SSSR count). The van der Waals surface area contributed by atoms with E-state index in [1.54, 1.807) is 0 Å². The van der Waals surface area contributed by atoms with E-state index in [1.807, 2.05) is 0 Å². The Kier molecular flexibility index (Phi) is 12.1. The fraction of sp³-hybridized carbons (Fsp3) is 0.579. The molecule has 0 radical (unpaired) electrons. The van der Waals surface area contributed by atoms with E-state index >= 15 is 0 Å². The lowest BCUT2D eigenvalue weighted by Gasteiger charge is -2.21. The Bertz CT molecular complexity index is 800. The number of unbranched alkanes of at least 4 members (excludes halogenated alkanes) is 1. The topological polar surface area (TPSA) is 248 Å².